The standard InChI is InChI=1S/C15H25NO6/c1-2-4-12(17)16-10-7-21-11(14(19)13(10)18)8-22-15(20)9-5-3-6-9/h9-11,13-14,18-19H,2-8H2,1H3,(H,16,17)/t10-,11+,13+,14+/m0/s1. The first kappa shape index (κ1) is 17.2. The molecule has 126 valence electrons. The van der Waals surface area contributed by atoms with Crippen LogP contribution in [-0.2, 0) is 19.1 Å². The average molecular weight is 315 g/mol. The van der Waals surface area contributed by atoms with E-state index in [2.05, 4.69) is 5.32 Å². The van der Waals surface area contributed by atoms with Crippen LogP contribution in [0.2, 0.25) is 0 Å². The topological polar surface area (TPSA) is 105 Å². The molecule has 0 aromatic carbocycles. The molecule has 1 amide bonds. The predicted octanol–water partition coefficient (Wildman–Crippen LogP) is -0.265. The summed E-state index contributed by atoms with van der Waals surface area (Å²) in [6.07, 6.45) is 0.706. The minimum atomic E-state index is -1.20. The lowest BCUT2D eigenvalue weighted by molar-refractivity contribution is -0.181. The van der Waals surface area contributed by atoms with Crippen LogP contribution in [0.5, 0.6) is 0 Å². The lowest BCUT2D eigenvalue weighted by Gasteiger charge is -2.37. The van der Waals surface area contributed by atoms with Gasteiger partial charge in [-0.15, -0.1) is 0 Å². The molecule has 1 aliphatic heterocycles. The van der Waals surface area contributed by atoms with Crippen LogP contribution in [0.3, 0.4) is 0 Å². The van der Waals surface area contributed by atoms with E-state index in [9.17, 15) is 19.8 Å². The van der Waals surface area contributed by atoms with E-state index in [4.69, 9.17) is 9.47 Å². The summed E-state index contributed by atoms with van der Waals surface area (Å²) in [6.45, 7) is 1.89. The van der Waals surface area contributed by atoms with Crippen molar-refractivity contribution < 1.29 is 29.3 Å². The predicted molar refractivity (Wildman–Crippen MR) is 76.9 cm³/mol. The summed E-state index contributed by atoms with van der Waals surface area (Å²) in [5.41, 5.74) is 0. The molecular weight excluding hydrogens is 290 g/mol. The number of hydrogen-bond donors (Lipinski definition) is 3. The molecule has 1 saturated carbocycles. The molecule has 1 saturated heterocycles. The Morgan fingerprint density at radius 2 is 2.00 bits per heavy atom. The molecule has 4 atom stereocenters. The molecule has 0 radical (unpaired) electrons. The molecule has 7 nitrogen and oxygen atoms in total. The molecule has 2 fully saturated rings. The van der Waals surface area contributed by atoms with Crippen molar-refractivity contribution in [3.8, 4) is 0 Å². The van der Waals surface area contributed by atoms with Crippen molar-refractivity contribution in [2.45, 2.75) is 63.4 Å². The third kappa shape index (κ3) is 4.18. The Morgan fingerprint density at radius 3 is 2.59 bits per heavy atom. The Labute approximate surface area is 130 Å². The molecule has 2 aliphatic rings. The lowest BCUT2D eigenvalue weighted by Crippen LogP contribution is -2.60. The third-order valence-corrected chi connectivity index (χ3v) is 4.28. The number of aliphatic hydroxyl groups excluding tert-OH is 2. The maximum Gasteiger partial charge on any atom is 0.309 e. The van der Waals surface area contributed by atoms with Gasteiger partial charge in [0.1, 0.15) is 24.9 Å². The van der Waals surface area contributed by atoms with Crippen LogP contribution >= 0.6 is 0 Å². The molecule has 0 spiro atoms. The SMILES string of the molecule is CCCC(=O)N[C@H]1CO[C@H](COC(=O)C2CCC2)[C@@H](O)[C@@H]1O. The highest BCUT2D eigenvalue weighted by atomic mass is 16.6. The molecule has 0 aromatic heterocycles. The zero-order valence-corrected chi connectivity index (χ0v) is 12.9. The first-order chi connectivity index (χ1) is 10.5. The van der Waals surface area contributed by atoms with Crippen LogP contribution in [0.25, 0.3) is 0 Å². The van der Waals surface area contributed by atoms with E-state index in [1.54, 1.807) is 0 Å². The summed E-state index contributed by atoms with van der Waals surface area (Å²) in [5.74, 6) is -0.487. The zero-order chi connectivity index (χ0) is 16.1. The Bertz CT molecular complexity index is 397. The Kier molecular flexibility index (Phi) is 6.16. The third-order valence-electron chi connectivity index (χ3n) is 4.28. The summed E-state index contributed by atoms with van der Waals surface area (Å²) >= 11 is 0. The fraction of sp³-hybridized carbons (Fsp3) is 0.867. The van der Waals surface area contributed by atoms with Crippen molar-refractivity contribution in [3.05, 3.63) is 0 Å². The van der Waals surface area contributed by atoms with E-state index >= 15 is 0 Å². The van der Waals surface area contributed by atoms with E-state index in [-0.39, 0.29) is 31.0 Å². The van der Waals surface area contributed by atoms with Crippen LogP contribution in [-0.4, -0.2) is 59.7 Å². The van der Waals surface area contributed by atoms with Crippen molar-refractivity contribution in [1.82, 2.24) is 5.32 Å². The van der Waals surface area contributed by atoms with Gasteiger partial charge in [-0.2, -0.15) is 0 Å². The van der Waals surface area contributed by atoms with Crippen molar-refractivity contribution in [3.63, 3.8) is 0 Å². The van der Waals surface area contributed by atoms with E-state index in [1.165, 1.54) is 0 Å². The summed E-state index contributed by atoms with van der Waals surface area (Å²) in [7, 11) is 0. The van der Waals surface area contributed by atoms with Crippen LogP contribution in [0.1, 0.15) is 39.0 Å². The molecule has 7 heteroatoms. The summed E-state index contributed by atoms with van der Waals surface area (Å²) in [6, 6.07) is -0.646. The highest BCUT2D eigenvalue weighted by molar-refractivity contribution is 5.76. The quantitative estimate of drug-likeness (QED) is 0.583. The summed E-state index contributed by atoms with van der Waals surface area (Å²) < 4.78 is 10.6. The normalized spacial score (nSPS) is 32.1. The zero-order valence-electron chi connectivity index (χ0n) is 12.9. The number of esters is 1. The van der Waals surface area contributed by atoms with Gasteiger partial charge in [-0.1, -0.05) is 13.3 Å². The van der Waals surface area contributed by atoms with E-state index in [0.717, 1.165) is 19.3 Å². The molecule has 1 heterocycles. The number of nitrogens with one attached hydrogen (secondary N) is 1. The highest BCUT2D eigenvalue weighted by Crippen LogP contribution is 2.27. The van der Waals surface area contributed by atoms with Crippen molar-refractivity contribution in [2.24, 2.45) is 5.92 Å². The molecule has 0 unspecified atom stereocenters. The second kappa shape index (κ2) is 7.89. The maximum atomic E-state index is 11.7. The van der Waals surface area contributed by atoms with Crippen LogP contribution in [0, 0.1) is 5.92 Å². The smallest absolute Gasteiger partial charge is 0.309 e. The number of carbonyl (C=O) groups is 2. The van der Waals surface area contributed by atoms with Gasteiger partial charge in [0.05, 0.1) is 18.6 Å². The van der Waals surface area contributed by atoms with Gasteiger partial charge in [0.25, 0.3) is 0 Å². The van der Waals surface area contributed by atoms with Crippen LogP contribution in [0.4, 0.5) is 0 Å². The fourth-order valence-electron chi connectivity index (χ4n) is 2.59. The number of hydrogen-bond acceptors (Lipinski definition) is 6. The Morgan fingerprint density at radius 1 is 1.27 bits per heavy atom. The molecular formula is C15H25NO6. The summed E-state index contributed by atoms with van der Waals surface area (Å²) in [5, 5.41) is 22.8. The number of rotatable bonds is 6. The number of ether oxygens (including phenoxy) is 2. The minimum absolute atomic E-state index is 0.0354. The van der Waals surface area contributed by atoms with Crippen molar-refractivity contribution >= 4 is 11.9 Å². The van der Waals surface area contributed by atoms with Gasteiger partial charge in [-0.05, 0) is 19.3 Å². The van der Waals surface area contributed by atoms with Gasteiger partial charge in [-0.3, -0.25) is 9.59 Å². The maximum absolute atomic E-state index is 11.7. The first-order valence-corrected chi connectivity index (χ1v) is 7.96. The second-order valence-electron chi connectivity index (χ2n) is 6.03. The Hall–Kier alpha value is -1.18. The van der Waals surface area contributed by atoms with Gasteiger partial charge in [0.2, 0.25) is 5.91 Å². The van der Waals surface area contributed by atoms with Gasteiger partial charge < -0.3 is 25.0 Å². The fourth-order valence-corrected chi connectivity index (χ4v) is 2.59. The van der Waals surface area contributed by atoms with E-state index in [0.29, 0.717) is 12.8 Å². The van der Waals surface area contributed by atoms with Gasteiger partial charge in [0, 0.05) is 6.42 Å². The van der Waals surface area contributed by atoms with Gasteiger partial charge in [0.15, 0.2) is 0 Å². The van der Waals surface area contributed by atoms with E-state index in [1.807, 2.05) is 6.92 Å². The van der Waals surface area contributed by atoms with Crippen LogP contribution < -0.4 is 5.32 Å². The molecule has 3 N–H and O–H groups in total. The number of amides is 1. The number of aliphatic hydroxyl groups is 2. The lowest BCUT2D eigenvalue weighted by atomic mass is 9.86. The molecule has 22 heavy (non-hydrogen) atoms. The highest BCUT2D eigenvalue weighted by Gasteiger charge is 2.40. The molecule has 2 rings (SSSR count). The minimum Gasteiger partial charge on any atom is -0.463 e. The monoisotopic (exact) mass is 315 g/mol. The van der Waals surface area contributed by atoms with Crippen molar-refractivity contribution in [2.75, 3.05) is 13.2 Å². The van der Waals surface area contributed by atoms with Gasteiger partial charge in [-0.25, -0.2) is 0 Å². The van der Waals surface area contributed by atoms with Crippen molar-refractivity contribution in [1.29, 1.82) is 0 Å². The molecule has 0 aromatic rings. The largest absolute Gasteiger partial charge is 0.463 e. The van der Waals surface area contributed by atoms with E-state index < -0.39 is 24.4 Å². The first-order valence-electron chi connectivity index (χ1n) is 7.96. The average Bonchev–Trinajstić information content (AvgIpc) is 2.41. The number of carbonyl (C=O) groups excluding carboxylic acids is 2. The van der Waals surface area contributed by atoms with Gasteiger partial charge >= 0.3 is 5.97 Å². The van der Waals surface area contributed by atoms with Crippen LogP contribution in [0.15, 0.2) is 0 Å². The second-order valence-corrected chi connectivity index (χ2v) is 6.03. The molecule has 1 aliphatic carbocycles. The summed E-state index contributed by atoms with van der Waals surface area (Å²) in [4.78, 5) is 23.2. The molecule has 0 bridgehead atoms. The Balaban J connectivity index is 1.77.